The summed E-state index contributed by atoms with van der Waals surface area (Å²) in [4.78, 5) is 32.8. The van der Waals surface area contributed by atoms with Crippen molar-refractivity contribution in [2.45, 2.75) is 38.8 Å². The Hall–Kier alpha value is -2.60. The SMILES string of the molecule is CC1(C)C(O)C(COP(=O)(O)NCc2ccccc2)OC1n1cnc2c(=O)[nH]c(N)nc21. The third kappa shape index (κ3) is 4.33. The zero-order valence-electron chi connectivity index (χ0n) is 17.5. The molecule has 1 aliphatic heterocycles. The van der Waals surface area contributed by atoms with Crippen molar-refractivity contribution in [3.05, 3.63) is 52.6 Å². The molecule has 0 radical (unpaired) electrons. The number of aromatic amines is 1. The molecule has 1 saturated heterocycles. The number of imidazole rings is 1. The average Bonchev–Trinajstić information content (AvgIpc) is 3.25. The minimum absolute atomic E-state index is 0.0776. The van der Waals surface area contributed by atoms with E-state index in [-0.39, 0.29) is 30.3 Å². The predicted molar refractivity (Wildman–Crippen MR) is 115 cm³/mol. The summed E-state index contributed by atoms with van der Waals surface area (Å²) in [6.07, 6.45) is -1.35. The molecular formula is C19H25N6O6P. The molecule has 3 aromatic rings. The van der Waals surface area contributed by atoms with Gasteiger partial charge < -0.3 is 20.5 Å². The topological polar surface area (TPSA) is 178 Å². The number of H-pyrrole nitrogens is 1. The lowest BCUT2D eigenvalue weighted by Gasteiger charge is -2.28. The van der Waals surface area contributed by atoms with Crippen LogP contribution in [-0.4, -0.2) is 48.3 Å². The van der Waals surface area contributed by atoms with Crippen LogP contribution < -0.4 is 16.4 Å². The first kappa shape index (κ1) is 22.6. The summed E-state index contributed by atoms with van der Waals surface area (Å²) >= 11 is 0. The zero-order valence-corrected chi connectivity index (χ0v) is 18.4. The van der Waals surface area contributed by atoms with Crippen LogP contribution in [-0.2, 0) is 20.4 Å². The lowest BCUT2D eigenvalue weighted by molar-refractivity contribution is -0.0466. The molecular weight excluding hydrogens is 439 g/mol. The second-order valence-corrected chi connectivity index (χ2v) is 9.82. The molecule has 172 valence electrons. The van der Waals surface area contributed by atoms with Crippen LogP contribution in [0.1, 0.15) is 25.6 Å². The van der Waals surface area contributed by atoms with Gasteiger partial charge >= 0.3 is 7.75 Å². The number of ether oxygens (including phenoxy) is 1. The van der Waals surface area contributed by atoms with Gasteiger partial charge in [0.05, 0.1) is 19.0 Å². The number of nitrogens with two attached hydrogens (primary N) is 1. The molecule has 2 aromatic heterocycles. The molecule has 1 aliphatic rings. The van der Waals surface area contributed by atoms with Crippen molar-refractivity contribution in [2.75, 3.05) is 12.3 Å². The summed E-state index contributed by atoms with van der Waals surface area (Å²) in [6, 6.07) is 9.11. The number of benzene rings is 1. The Labute approximate surface area is 183 Å². The molecule has 4 unspecified atom stereocenters. The Morgan fingerprint density at radius 1 is 1.38 bits per heavy atom. The Bertz CT molecular complexity index is 1210. The van der Waals surface area contributed by atoms with Gasteiger partial charge in [-0.15, -0.1) is 0 Å². The van der Waals surface area contributed by atoms with Crippen molar-refractivity contribution >= 4 is 24.9 Å². The van der Waals surface area contributed by atoms with E-state index in [0.717, 1.165) is 5.56 Å². The molecule has 0 amide bonds. The van der Waals surface area contributed by atoms with Crippen LogP contribution in [0.4, 0.5) is 5.95 Å². The van der Waals surface area contributed by atoms with E-state index in [4.69, 9.17) is 15.0 Å². The molecule has 6 N–H and O–H groups in total. The van der Waals surface area contributed by atoms with E-state index in [1.807, 2.05) is 30.3 Å². The van der Waals surface area contributed by atoms with Gasteiger partial charge in [-0.2, -0.15) is 4.98 Å². The third-order valence-corrected chi connectivity index (χ3v) is 6.55. The number of aliphatic hydroxyl groups is 1. The number of nitrogens with zero attached hydrogens (tertiary/aromatic N) is 3. The summed E-state index contributed by atoms with van der Waals surface area (Å²) < 4.78 is 25.1. The number of hydrogen-bond donors (Lipinski definition) is 5. The number of nitrogen functional groups attached to an aromatic ring is 1. The lowest BCUT2D eigenvalue weighted by atomic mass is 9.84. The summed E-state index contributed by atoms with van der Waals surface area (Å²) in [6.45, 7) is 3.33. The Morgan fingerprint density at radius 2 is 2.09 bits per heavy atom. The maximum absolute atomic E-state index is 12.4. The highest BCUT2D eigenvalue weighted by atomic mass is 31.2. The van der Waals surface area contributed by atoms with E-state index in [1.54, 1.807) is 13.8 Å². The van der Waals surface area contributed by atoms with Gasteiger partial charge in [-0.1, -0.05) is 44.2 Å². The maximum atomic E-state index is 12.4. The molecule has 0 bridgehead atoms. The van der Waals surface area contributed by atoms with Crippen molar-refractivity contribution in [1.29, 1.82) is 0 Å². The molecule has 1 aromatic carbocycles. The average molecular weight is 464 g/mol. The fourth-order valence-electron chi connectivity index (χ4n) is 3.72. The van der Waals surface area contributed by atoms with E-state index in [2.05, 4.69) is 20.0 Å². The van der Waals surface area contributed by atoms with Gasteiger partial charge in [0.2, 0.25) is 5.95 Å². The maximum Gasteiger partial charge on any atom is 0.403 e. The van der Waals surface area contributed by atoms with Crippen LogP contribution in [0.5, 0.6) is 0 Å². The molecule has 13 heteroatoms. The number of aromatic nitrogens is 4. The number of anilines is 1. The smallest absolute Gasteiger partial charge is 0.390 e. The van der Waals surface area contributed by atoms with Crippen LogP contribution in [0, 0.1) is 5.41 Å². The van der Waals surface area contributed by atoms with Gasteiger partial charge in [0.25, 0.3) is 5.56 Å². The van der Waals surface area contributed by atoms with E-state index in [0.29, 0.717) is 0 Å². The number of nitrogens with one attached hydrogen (secondary N) is 2. The first-order valence-electron chi connectivity index (χ1n) is 9.91. The molecule has 4 atom stereocenters. The standard InChI is InChI=1S/C19H25N6O6P/c1-19(2)14(26)12(9-30-32(28,29)22-8-11-6-4-3-5-7-11)31-17(19)25-10-21-13-15(25)23-18(20)24-16(13)27/h3-7,10,12,14,17,26H,8-9H2,1-2H3,(H2,22,28,29)(H3,20,23,24,27). The van der Waals surface area contributed by atoms with Gasteiger partial charge in [-0.05, 0) is 5.56 Å². The van der Waals surface area contributed by atoms with E-state index >= 15 is 0 Å². The van der Waals surface area contributed by atoms with Crippen molar-refractivity contribution in [2.24, 2.45) is 5.41 Å². The van der Waals surface area contributed by atoms with Gasteiger partial charge in [0.15, 0.2) is 11.2 Å². The largest absolute Gasteiger partial charge is 0.403 e. The summed E-state index contributed by atoms with van der Waals surface area (Å²) in [7, 11) is -4.15. The van der Waals surface area contributed by atoms with E-state index in [9.17, 15) is 19.4 Å². The number of hydrogen-bond acceptors (Lipinski definition) is 8. The minimum Gasteiger partial charge on any atom is -0.390 e. The lowest BCUT2D eigenvalue weighted by Crippen LogP contribution is -2.36. The summed E-state index contributed by atoms with van der Waals surface area (Å²) in [5, 5.41) is 13.3. The van der Waals surface area contributed by atoms with Gasteiger partial charge in [-0.25, -0.2) is 14.6 Å². The van der Waals surface area contributed by atoms with Gasteiger partial charge in [-0.3, -0.25) is 18.9 Å². The van der Waals surface area contributed by atoms with Crippen LogP contribution in [0.2, 0.25) is 0 Å². The molecule has 12 nitrogen and oxygen atoms in total. The van der Waals surface area contributed by atoms with E-state index < -0.39 is 37.2 Å². The highest BCUT2D eigenvalue weighted by Gasteiger charge is 2.51. The monoisotopic (exact) mass is 464 g/mol. The first-order valence-corrected chi connectivity index (χ1v) is 11.5. The molecule has 4 rings (SSSR count). The highest BCUT2D eigenvalue weighted by Crippen LogP contribution is 2.47. The van der Waals surface area contributed by atoms with Gasteiger partial charge in [0.1, 0.15) is 12.3 Å². The second kappa shape index (κ2) is 8.39. The molecule has 1 fully saturated rings. The van der Waals surface area contributed by atoms with Crippen molar-refractivity contribution < 1.29 is 23.8 Å². The highest BCUT2D eigenvalue weighted by molar-refractivity contribution is 7.50. The molecule has 32 heavy (non-hydrogen) atoms. The Morgan fingerprint density at radius 3 is 2.81 bits per heavy atom. The normalized spacial score (nSPS) is 24.6. The van der Waals surface area contributed by atoms with Crippen LogP contribution in [0.25, 0.3) is 11.2 Å². The van der Waals surface area contributed by atoms with Crippen LogP contribution in [0.3, 0.4) is 0 Å². The van der Waals surface area contributed by atoms with Crippen molar-refractivity contribution in [1.82, 2.24) is 24.6 Å². The first-order chi connectivity index (χ1) is 15.1. The fraction of sp³-hybridized carbons (Fsp3) is 0.421. The summed E-state index contributed by atoms with van der Waals surface area (Å²) in [5.41, 5.74) is 5.40. The predicted octanol–water partition coefficient (Wildman–Crippen LogP) is 0.893. The minimum atomic E-state index is -4.15. The third-order valence-electron chi connectivity index (χ3n) is 5.50. The molecule has 0 saturated carbocycles. The van der Waals surface area contributed by atoms with Crippen LogP contribution >= 0.6 is 7.75 Å². The zero-order chi connectivity index (χ0) is 23.1. The quantitative estimate of drug-likeness (QED) is 0.315. The molecule has 0 aliphatic carbocycles. The Kier molecular flexibility index (Phi) is 5.93. The molecule has 3 heterocycles. The second-order valence-electron chi connectivity index (χ2n) is 8.20. The summed E-state index contributed by atoms with van der Waals surface area (Å²) in [5.74, 6) is -0.0776. The number of rotatable bonds is 7. The van der Waals surface area contributed by atoms with Crippen molar-refractivity contribution in [3.8, 4) is 0 Å². The molecule has 0 spiro atoms. The van der Waals surface area contributed by atoms with Gasteiger partial charge in [0, 0.05) is 12.0 Å². The fourth-order valence-corrected chi connectivity index (χ4v) is 4.54. The number of aliphatic hydroxyl groups excluding tert-OH is 1. The number of fused-ring (bicyclic) bond motifs is 1. The van der Waals surface area contributed by atoms with Crippen molar-refractivity contribution in [3.63, 3.8) is 0 Å². The Balaban J connectivity index is 1.48. The van der Waals surface area contributed by atoms with Crippen LogP contribution in [0.15, 0.2) is 41.5 Å². The van der Waals surface area contributed by atoms with E-state index in [1.165, 1.54) is 10.9 Å².